The molecule has 0 aromatic carbocycles. The lowest BCUT2D eigenvalue weighted by molar-refractivity contribution is -0.139. The Morgan fingerprint density at radius 1 is 1.19 bits per heavy atom. The minimum atomic E-state index is 0.307. The van der Waals surface area contributed by atoms with Gasteiger partial charge in [0.25, 0.3) is 0 Å². The second-order valence-corrected chi connectivity index (χ2v) is 8.21. The number of carbonyl (C=O) groups is 1. The molecule has 0 radical (unpaired) electrons. The highest BCUT2D eigenvalue weighted by molar-refractivity contribution is 5.77. The first-order valence-corrected chi connectivity index (χ1v) is 10.0. The van der Waals surface area contributed by atoms with Crippen LogP contribution in [0, 0.1) is 12.3 Å². The number of H-pyrrole nitrogens is 1. The first-order chi connectivity index (χ1) is 13.1. The van der Waals surface area contributed by atoms with E-state index < -0.39 is 0 Å². The van der Waals surface area contributed by atoms with Crippen molar-refractivity contribution < 1.29 is 4.79 Å². The van der Waals surface area contributed by atoms with Gasteiger partial charge in [-0.05, 0) is 68.8 Å². The molecule has 2 saturated heterocycles. The number of piperidine rings is 2. The van der Waals surface area contributed by atoms with Crippen LogP contribution < -0.4 is 0 Å². The van der Waals surface area contributed by atoms with E-state index in [1.165, 1.54) is 18.4 Å². The van der Waals surface area contributed by atoms with E-state index in [0.717, 1.165) is 57.1 Å². The molecule has 144 valence electrons. The number of aromatic nitrogens is 3. The van der Waals surface area contributed by atoms with E-state index in [4.69, 9.17) is 0 Å². The maximum Gasteiger partial charge on any atom is 0.222 e. The van der Waals surface area contributed by atoms with Gasteiger partial charge in [-0.1, -0.05) is 0 Å². The van der Waals surface area contributed by atoms with Crippen LogP contribution in [0.15, 0.2) is 30.7 Å². The summed E-state index contributed by atoms with van der Waals surface area (Å²) in [4.78, 5) is 28.9. The number of likely N-dealkylation sites (tertiary alicyclic amines) is 2. The number of carbonyl (C=O) groups excluding carboxylic acids is 1. The molecular formula is C21H29N5O. The molecule has 2 aromatic heterocycles. The molecule has 0 unspecified atom stereocenters. The molecule has 27 heavy (non-hydrogen) atoms. The largest absolute Gasteiger partial charge is 0.345 e. The molecule has 2 aliphatic rings. The fourth-order valence-corrected chi connectivity index (χ4v) is 4.47. The summed E-state index contributed by atoms with van der Waals surface area (Å²) in [5, 5.41) is 0. The van der Waals surface area contributed by atoms with E-state index in [2.05, 4.69) is 24.8 Å². The van der Waals surface area contributed by atoms with Gasteiger partial charge >= 0.3 is 0 Å². The minimum absolute atomic E-state index is 0.307. The highest BCUT2D eigenvalue weighted by Gasteiger charge is 2.40. The zero-order valence-corrected chi connectivity index (χ0v) is 16.2. The van der Waals surface area contributed by atoms with Gasteiger partial charge in [0.2, 0.25) is 5.91 Å². The second kappa shape index (κ2) is 7.80. The van der Waals surface area contributed by atoms with Crippen molar-refractivity contribution in [2.75, 3.05) is 26.2 Å². The third-order valence-corrected chi connectivity index (χ3v) is 6.21. The number of nitrogens with zero attached hydrogens (tertiary/aromatic N) is 4. The van der Waals surface area contributed by atoms with Gasteiger partial charge in [-0.3, -0.25) is 14.7 Å². The van der Waals surface area contributed by atoms with E-state index in [0.29, 0.717) is 17.7 Å². The van der Waals surface area contributed by atoms with Crippen molar-refractivity contribution in [2.24, 2.45) is 5.41 Å². The Labute approximate surface area is 161 Å². The Kier molecular flexibility index (Phi) is 5.25. The summed E-state index contributed by atoms with van der Waals surface area (Å²) in [6, 6.07) is 4.08. The van der Waals surface area contributed by atoms with E-state index >= 15 is 0 Å². The predicted octanol–water partition coefficient (Wildman–Crippen LogP) is 2.56. The molecular weight excluding hydrogens is 338 g/mol. The molecule has 2 aromatic rings. The molecule has 0 saturated carbocycles. The van der Waals surface area contributed by atoms with Crippen LogP contribution in [-0.2, 0) is 17.8 Å². The average Bonchev–Trinajstić information content (AvgIpc) is 3.10. The standard InChI is InChI=1S/C21H29N5O/c1-17-14-23-19(24-17)15-25-12-7-21(8-13-25)6-2-20(27)26(16-21)11-5-18-3-9-22-10-4-18/h3-4,9-10,14H,2,5-8,11-13,15-16H2,1H3,(H,23,24). The van der Waals surface area contributed by atoms with Crippen LogP contribution in [0.2, 0.25) is 0 Å². The lowest BCUT2D eigenvalue weighted by Crippen LogP contribution is -2.51. The van der Waals surface area contributed by atoms with E-state index in [1.54, 1.807) is 0 Å². The molecule has 0 aliphatic carbocycles. The number of nitrogens with one attached hydrogen (secondary N) is 1. The average molecular weight is 367 g/mol. The van der Waals surface area contributed by atoms with Crippen molar-refractivity contribution in [1.82, 2.24) is 24.8 Å². The summed E-state index contributed by atoms with van der Waals surface area (Å²) >= 11 is 0. The van der Waals surface area contributed by atoms with Crippen molar-refractivity contribution in [3.05, 3.63) is 47.8 Å². The summed E-state index contributed by atoms with van der Waals surface area (Å²) < 4.78 is 0. The Bertz CT molecular complexity index is 764. The number of aryl methyl sites for hydroxylation is 1. The Balaban J connectivity index is 1.31. The zero-order chi connectivity index (χ0) is 18.7. The van der Waals surface area contributed by atoms with Gasteiger partial charge in [0, 0.05) is 43.8 Å². The van der Waals surface area contributed by atoms with Gasteiger partial charge in [-0.2, -0.15) is 0 Å². The SMILES string of the molecule is Cc1cnc(CN2CCC3(CCC(=O)N(CCc4ccncc4)C3)CC2)[nH]1. The lowest BCUT2D eigenvalue weighted by atomic mass is 9.72. The van der Waals surface area contributed by atoms with Crippen LogP contribution in [0.4, 0.5) is 0 Å². The molecule has 4 rings (SSSR count). The van der Waals surface area contributed by atoms with Gasteiger partial charge < -0.3 is 9.88 Å². The van der Waals surface area contributed by atoms with Gasteiger partial charge in [-0.15, -0.1) is 0 Å². The summed E-state index contributed by atoms with van der Waals surface area (Å²) in [5.74, 6) is 1.38. The number of aromatic amines is 1. The molecule has 4 heterocycles. The molecule has 1 N–H and O–H groups in total. The minimum Gasteiger partial charge on any atom is -0.345 e. The van der Waals surface area contributed by atoms with Crippen LogP contribution in [0.5, 0.6) is 0 Å². The number of hydrogen-bond donors (Lipinski definition) is 1. The van der Waals surface area contributed by atoms with Gasteiger partial charge in [0.15, 0.2) is 0 Å². The third kappa shape index (κ3) is 4.38. The highest BCUT2D eigenvalue weighted by Crippen LogP contribution is 2.40. The van der Waals surface area contributed by atoms with Crippen LogP contribution >= 0.6 is 0 Å². The van der Waals surface area contributed by atoms with E-state index in [-0.39, 0.29) is 0 Å². The number of amides is 1. The quantitative estimate of drug-likeness (QED) is 0.882. The van der Waals surface area contributed by atoms with Crippen molar-refractivity contribution in [3.8, 4) is 0 Å². The normalized spacial score (nSPS) is 20.3. The summed E-state index contributed by atoms with van der Waals surface area (Å²) in [5.41, 5.74) is 2.68. The zero-order valence-electron chi connectivity index (χ0n) is 16.2. The van der Waals surface area contributed by atoms with Crippen LogP contribution in [0.3, 0.4) is 0 Å². The van der Waals surface area contributed by atoms with Gasteiger partial charge in [0.05, 0.1) is 6.54 Å². The van der Waals surface area contributed by atoms with E-state index in [1.807, 2.05) is 37.6 Å². The molecule has 6 nitrogen and oxygen atoms in total. The number of pyridine rings is 1. The first kappa shape index (κ1) is 18.2. The third-order valence-electron chi connectivity index (χ3n) is 6.21. The summed E-state index contributed by atoms with van der Waals surface area (Å²) in [6.07, 6.45) is 10.6. The van der Waals surface area contributed by atoms with Crippen molar-refractivity contribution in [3.63, 3.8) is 0 Å². The smallest absolute Gasteiger partial charge is 0.222 e. The van der Waals surface area contributed by atoms with Crippen LogP contribution in [-0.4, -0.2) is 56.8 Å². The lowest BCUT2D eigenvalue weighted by Gasteiger charge is -2.47. The van der Waals surface area contributed by atoms with Crippen LogP contribution in [0.1, 0.15) is 42.8 Å². The van der Waals surface area contributed by atoms with E-state index in [9.17, 15) is 4.79 Å². The highest BCUT2D eigenvalue weighted by atomic mass is 16.2. The number of rotatable bonds is 5. The maximum absolute atomic E-state index is 12.4. The van der Waals surface area contributed by atoms with Crippen molar-refractivity contribution in [2.45, 2.75) is 45.6 Å². The Hall–Kier alpha value is -2.21. The Morgan fingerprint density at radius 3 is 2.67 bits per heavy atom. The fraction of sp³-hybridized carbons (Fsp3) is 0.571. The van der Waals surface area contributed by atoms with Gasteiger partial charge in [-0.25, -0.2) is 4.98 Å². The molecule has 1 amide bonds. The number of imidazole rings is 1. The molecule has 0 atom stereocenters. The van der Waals surface area contributed by atoms with Crippen molar-refractivity contribution >= 4 is 5.91 Å². The molecule has 2 fully saturated rings. The molecule has 2 aliphatic heterocycles. The van der Waals surface area contributed by atoms with Crippen LogP contribution in [0.25, 0.3) is 0 Å². The monoisotopic (exact) mass is 367 g/mol. The topological polar surface area (TPSA) is 65.1 Å². The maximum atomic E-state index is 12.4. The molecule has 1 spiro atoms. The predicted molar refractivity (Wildman–Crippen MR) is 104 cm³/mol. The molecule has 0 bridgehead atoms. The molecule has 6 heteroatoms. The summed E-state index contributed by atoms with van der Waals surface area (Å²) in [7, 11) is 0. The fourth-order valence-electron chi connectivity index (χ4n) is 4.47. The summed E-state index contributed by atoms with van der Waals surface area (Å²) in [6.45, 7) is 6.86. The Morgan fingerprint density at radius 2 is 1.96 bits per heavy atom. The van der Waals surface area contributed by atoms with Gasteiger partial charge in [0.1, 0.15) is 5.82 Å². The first-order valence-electron chi connectivity index (χ1n) is 10.0. The second-order valence-electron chi connectivity index (χ2n) is 8.21. The number of hydrogen-bond acceptors (Lipinski definition) is 4. The van der Waals surface area contributed by atoms with Crippen molar-refractivity contribution in [1.29, 1.82) is 0 Å².